The number of halogens is 1. The van der Waals surface area contributed by atoms with E-state index in [1.807, 2.05) is 24.3 Å². The zero-order valence-electron chi connectivity index (χ0n) is 8.74. The normalized spacial score (nSPS) is 10.5. The van der Waals surface area contributed by atoms with E-state index in [-0.39, 0.29) is 0 Å². The first-order valence-corrected chi connectivity index (χ1v) is 6.14. The van der Waals surface area contributed by atoms with Crippen LogP contribution in [-0.2, 0) is 9.47 Å². The summed E-state index contributed by atoms with van der Waals surface area (Å²) in [6.07, 6.45) is 0. The lowest BCUT2D eigenvalue weighted by Gasteiger charge is -2.03. The van der Waals surface area contributed by atoms with Gasteiger partial charge in [0, 0.05) is 22.8 Å². The van der Waals surface area contributed by atoms with E-state index in [0.717, 1.165) is 17.4 Å². The van der Waals surface area contributed by atoms with Crippen LogP contribution in [0.1, 0.15) is 0 Å². The third kappa shape index (κ3) is 6.05. The second-order valence-corrected chi connectivity index (χ2v) is 4.51. The molecule has 0 saturated carbocycles. The maximum absolute atomic E-state index is 5.78. The van der Waals surface area contributed by atoms with Crippen LogP contribution in [0.4, 0.5) is 0 Å². The van der Waals surface area contributed by atoms with E-state index in [1.54, 1.807) is 18.9 Å². The summed E-state index contributed by atoms with van der Waals surface area (Å²) >= 11 is 7.55. The van der Waals surface area contributed by atoms with Gasteiger partial charge in [-0.2, -0.15) is 0 Å². The zero-order chi connectivity index (χ0) is 10.9. The summed E-state index contributed by atoms with van der Waals surface area (Å²) in [5.74, 6) is 0.950. The molecule has 4 heteroatoms. The number of rotatable bonds is 7. The van der Waals surface area contributed by atoms with Crippen LogP contribution < -0.4 is 0 Å². The second kappa shape index (κ2) is 7.99. The Hall–Kier alpha value is -0.220. The zero-order valence-corrected chi connectivity index (χ0v) is 10.3. The van der Waals surface area contributed by atoms with Gasteiger partial charge in [-0.25, -0.2) is 0 Å². The highest BCUT2D eigenvalue weighted by atomic mass is 35.5. The highest BCUT2D eigenvalue weighted by Gasteiger charge is 1.94. The first-order chi connectivity index (χ1) is 7.33. The lowest BCUT2D eigenvalue weighted by molar-refractivity contribution is 0.0790. The number of hydrogen-bond donors (Lipinski definition) is 0. The molecule has 0 radical (unpaired) electrons. The molecule has 0 spiro atoms. The molecular formula is C11H15ClO2S. The summed E-state index contributed by atoms with van der Waals surface area (Å²) < 4.78 is 10.2. The molecular weight excluding hydrogens is 232 g/mol. The predicted molar refractivity (Wildman–Crippen MR) is 64.9 cm³/mol. The summed E-state index contributed by atoms with van der Waals surface area (Å²) in [5, 5.41) is 0.774. The van der Waals surface area contributed by atoms with E-state index >= 15 is 0 Å². The molecule has 1 aromatic rings. The average Bonchev–Trinajstić information content (AvgIpc) is 2.26. The van der Waals surface area contributed by atoms with Crippen molar-refractivity contribution in [2.45, 2.75) is 4.90 Å². The van der Waals surface area contributed by atoms with E-state index in [2.05, 4.69) is 0 Å². The van der Waals surface area contributed by atoms with Crippen LogP contribution in [0.5, 0.6) is 0 Å². The molecule has 0 fully saturated rings. The number of thioether (sulfide) groups is 1. The molecule has 15 heavy (non-hydrogen) atoms. The summed E-state index contributed by atoms with van der Waals surface area (Å²) in [4.78, 5) is 1.22. The molecule has 84 valence electrons. The van der Waals surface area contributed by atoms with Crippen molar-refractivity contribution in [1.29, 1.82) is 0 Å². The van der Waals surface area contributed by atoms with E-state index in [0.29, 0.717) is 13.2 Å². The molecule has 0 amide bonds. The number of methoxy groups -OCH3 is 1. The third-order valence-electron chi connectivity index (χ3n) is 1.74. The molecule has 0 unspecified atom stereocenters. The molecule has 1 rings (SSSR count). The van der Waals surface area contributed by atoms with Gasteiger partial charge in [-0.05, 0) is 24.3 Å². The Kier molecular flexibility index (Phi) is 6.85. The minimum Gasteiger partial charge on any atom is -0.382 e. The van der Waals surface area contributed by atoms with Gasteiger partial charge < -0.3 is 9.47 Å². The van der Waals surface area contributed by atoms with Crippen molar-refractivity contribution in [2.75, 3.05) is 32.7 Å². The van der Waals surface area contributed by atoms with E-state index in [4.69, 9.17) is 21.1 Å². The molecule has 2 nitrogen and oxygen atoms in total. The fourth-order valence-electron chi connectivity index (χ4n) is 0.994. The van der Waals surface area contributed by atoms with Gasteiger partial charge in [0.25, 0.3) is 0 Å². The standard InChI is InChI=1S/C11H15ClO2S/c1-13-6-7-14-8-9-15-11-4-2-10(12)3-5-11/h2-5H,6-9H2,1H3. The van der Waals surface area contributed by atoms with Crippen LogP contribution in [0.2, 0.25) is 5.02 Å². The van der Waals surface area contributed by atoms with E-state index < -0.39 is 0 Å². The lowest BCUT2D eigenvalue weighted by atomic mass is 10.4. The quantitative estimate of drug-likeness (QED) is 0.544. The fourth-order valence-corrected chi connectivity index (χ4v) is 1.88. The Morgan fingerprint density at radius 1 is 1.13 bits per heavy atom. The molecule has 0 heterocycles. The summed E-state index contributed by atoms with van der Waals surface area (Å²) in [7, 11) is 1.67. The van der Waals surface area contributed by atoms with Crippen LogP contribution in [0.15, 0.2) is 29.2 Å². The van der Waals surface area contributed by atoms with Gasteiger partial charge in [-0.15, -0.1) is 11.8 Å². The molecule has 0 aliphatic heterocycles. The number of benzene rings is 1. The monoisotopic (exact) mass is 246 g/mol. The van der Waals surface area contributed by atoms with Gasteiger partial charge in [0.15, 0.2) is 0 Å². The minimum atomic E-state index is 0.658. The Labute approximate surface area is 99.9 Å². The lowest BCUT2D eigenvalue weighted by Crippen LogP contribution is -2.04. The van der Waals surface area contributed by atoms with Crippen molar-refractivity contribution in [3.8, 4) is 0 Å². The number of hydrogen-bond acceptors (Lipinski definition) is 3. The van der Waals surface area contributed by atoms with Crippen molar-refractivity contribution < 1.29 is 9.47 Å². The first kappa shape index (κ1) is 12.8. The Balaban J connectivity index is 2.07. The molecule has 0 aliphatic carbocycles. The highest BCUT2D eigenvalue weighted by Crippen LogP contribution is 2.19. The van der Waals surface area contributed by atoms with Crippen LogP contribution in [-0.4, -0.2) is 32.7 Å². The van der Waals surface area contributed by atoms with Crippen molar-refractivity contribution in [3.63, 3.8) is 0 Å². The van der Waals surface area contributed by atoms with Crippen molar-refractivity contribution in [3.05, 3.63) is 29.3 Å². The molecule has 0 bridgehead atoms. The summed E-state index contributed by atoms with van der Waals surface area (Å²) in [6, 6.07) is 7.83. The van der Waals surface area contributed by atoms with E-state index in [9.17, 15) is 0 Å². The Bertz CT molecular complexity index is 264. The predicted octanol–water partition coefficient (Wildman–Crippen LogP) is 3.10. The van der Waals surface area contributed by atoms with Gasteiger partial charge in [-0.1, -0.05) is 11.6 Å². The van der Waals surface area contributed by atoms with Gasteiger partial charge >= 0.3 is 0 Å². The second-order valence-electron chi connectivity index (χ2n) is 2.91. The van der Waals surface area contributed by atoms with Crippen molar-refractivity contribution in [2.24, 2.45) is 0 Å². The van der Waals surface area contributed by atoms with E-state index in [1.165, 1.54) is 4.90 Å². The smallest absolute Gasteiger partial charge is 0.0700 e. The molecule has 0 atom stereocenters. The topological polar surface area (TPSA) is 18.5 Å². The average molecular weight is 247 g/mol. The van der Waals surface area contributed by atoms with Gasteiger partial charge in [0.05, 0.1) is 19.8 Å². The summed E-state index contributed by atoms with van der Waals surface area (Å²) in [6.45, 7) is 2.07. The maximum atomic E-state index is 5.78. The number of ether oxygens (including phenoxy) is 2. The highest BCUT2D eigenvalue weighted by molar-refractivity contribution is 7.99. The molecule has 0 aromatic heterocycles. The minimum absolute atomic E-state index is 0.658. The van der Waals surface area contributed by atoms with Crippen LogP contribution in [0.3, 0.4) is 0 Å². The SMILES string of the molecule is COCCOCCSc1ccc(Cl)cc1. The Morgan fingerprint density at radius 2 is 1.87 bits per heavy atom. The molecule has 0 aliphatic rings. The maximum Gasteiger partial charge on any atom is 0.0700 e. The molecule has 1 aromatic carbocycles. The van der Waals surface area contributed by atoms with Gasteiger partial charge in [0.1, 0.15) is 0 Å². The van der Waals surface area contributed by atoms with Crippen molar-refractivity contribution >= 4 is 23.4 Å². The van der Waals surface area contributed by atoms with Gasteiger partial charge in [0.2, 0.25) is 0 Å². The van der Waals surface area contributed by atoms with Crippen molar-refractivity contribution in [1.82, 2.24) is 0 Å². The van der Waals surface area contributed by atoms with Crippen LogP contribution in [0, 0.1) is 0 Å². The Morgan fingerprint density at radius 3 is 2.53 bits per heavy atom. The largest absolute Gasteiger partial charge is 0.382 e. The van der Waals surface area contributed by atoms with Crippen LogP contribution >= 0.6 is 23.4 Å². The first-order valence-electron chi connectivity index (χ1n) is 4.78. The van der Waals surface area contributed by atoms with Crippen LogP contribution in [0.25, 0.3) is 0 Å². The van der Waals surface area contributed by atoms with Gasteiger partial charge in [-0.3, -0.25) is 0 Å². The fraction of sp³-hybridized carbons (Fsp3) is 0.455. The third-order valence-corrected chi connectivity index (χ3v) is 2.97. The summed E-state index contributed by atoms with van der Waals surface area (Å²) in [5.41, 5.74) is 0. The molecule has 0 N–H and O–H groups in total. The molecule has 0 saturated heterocycles.